The topological polar surface area (TPSA) is 17.1 Å². The van der Waals surface area contributed by atoms with E-state index in [2.05, 4.69) is 19.1 Å². The van der Waals surface area contributed by atoms with Gasteiger partial charge in [0.1, 0.15) is 5.78 Å². The molecule has 1 saturated carbocycles. The van der Waals surface area contributed by atoms with E-state index in [1.807, 2.05) is 32.0 Å². The summed E-state index contributed by atoms with van der Waals surface area (Å²) in [6, 6.07) is 10.3. The van der Waals surface area contributed by atoms with E-state index in [0.717, 1.165) is 6.42 Å². The molecular weight excluding hydrogens is 244 g/mol. The number of Topliss-reactive ketones (excluding diaryl/α,β-unsaturated/α-hetero) is 1. The number of aryl methyl sites for hydroxylation is 1. The number of benzene rings is 1. The van der Waals surface area contributed by atoms with Crippen LogP contribution in [0, 0.1) is 12.8 Å². The molecule has 0 heterocycles. The maximum Gasteiger partial charge on any atom is 0.130 e. The van der Waals surface area contributed by atoms with Crippen molar-refractivity contribution in [3.8, 4) is 0 Å². The van der Waals surface area contributed by atoms with Crippen LogP contribution in [0.15, 0.2) is 30.3 Å². The molecule has 1 heteroatoms. The lowest BCUT2D eigenvalue weighted by Gasteiger charge is -2.05. The van der Waals surface area contributed by atoms with Gasteiger partial charge in [0, 0.05) is 6.42 Å². The van der Waals surface area contributed by atoms with Crippen molar-refractivity contribution in [2.75, 3.05) is 0 Å². The van der Waals surface area contributed by atoms with Gasteiger partial charge in [0.25, 0.3) is 0 Å². The van der Waals surface area contributed by atoms with Crippen LogP contribution in [0.3, 0.4) is 0 Å². The molecule has 0 aliphatic heterocycles. The van der Waals surface area contributed by atoms with Gasteiger partial charge in [0.2, 0.25) is 0 Å². The SMILES string of the molecule is C1CCCCC1.CC(=O)CC(C)C.Cc1ccccc1. The standard InChI is InChI=1S/C7H8.C6H12O.C6H12/c1-7-5-3-2-4-6-7;1-5(2)4-6(3)7;1-2-4-6-5-3-1/h2-6H,1H3;5H,4H2,1-3H3;1-6H2. The molecule has 0 radical (unpaired) electrons. The zero-order valence-electron chi connectivity index (χ0n) is 13.8. The van der Waals surface area contributed by atoms with Gasteiger partial charge in [-0.25, -0.2) is 0 Å². The minimum absolute atomic E-state index is 0.287. The van der Waals surface area contributed by atoms with E-state index >= 15 is 0 Å². The van der Waals surface area contributed by atoms with Crippen molar-refractivity contribution in [2.24, 2.45) is 5.92 Å². The van der Waals surface area contributed by atoms with Crippen molar-refractivity contribution in [1.29, 1.82) is 0 Å². The lowest BCUT2D eigenvalue weighted by Crippen LogP contribution is -1.95. The summed E-state index contributed by atoms with van der Waals surface area (Å²) in [6.45, 7) is 7.79. The summed E-state index contributed by atoms with van der Waals surface area (Å²) in [5.41, 5.74) is 1.32. The molecule has 0 atom stereocenters. The van der Waals surface area contributed by atoms with Crippen molar-refractivity contribution in [2.45, 2.75) is 72.6 Å². The molecule has 1 aliphatic rings. The molecule has 2 rings (SSSR count). The molecule has 1 fully saturated rings. The quantitative estimate of drug-likeness (QED) is 0.651. The first kappa shape index (κ1) is 18.9. The molecule has 1 aromatic carbocycles. The zero-order valence-corrected chi connectivity index (χ0v) is 13.8. The van der Waals surface area contributed by atoms with Crippen molar-refractivity contribution in [3.63, 3.8) is 0 Å². The summed E-state index contributed by atoms with van der Waals surface area (Å²) < 4.78 is 0. The first-order chi connectivity index (χ1) is 9.52. The van der Waals surface area contributed by atoms with Gasteiger partial charge in [-0.2, -0.15) is 0 Å². The minimum Gasteiger partial charge on any atom is -0.300 e. The monoisotopic (exact) mass is 276 g/mol. The molecule has 0 N–H and O–H groups in total. The predicted molar refractivity (Wildman–Crippen MR) is 89.0 cm³/mol. The zero-order chi connectivity index (χ0) is 15.2. The van der Waals surface area contributed by atoms with Gasteiger partial charge in [-0.1, -0.05) is 88.3 Å². The minimum atomic E-state index is 0.287. The van der Waals surface area contributed by atoms with Crippen molar-refractivity contribution >= 4 is 5.78 Å². The second-order valence-corrected chi connectivity index (χ2v) is 6.08. The summed E-state index contributed by atoms with van der Waals surface area (Å²) >= 11 is 0. The smallest absolute Gasteiger partial charge is 0.130 e. The van der Waals surface area contributed by atoms with E-state index in [1.54, 1.807) is 6.92 Å². The van der Waals surface area contributed by atoms with Crippen LogP contribution in [-0.2, 0) is 4.79 Å². The fourth-order valence-corrected chi connectivity index (χ4v) is 2.17. The molecule has 0 amide bonds. The normalized spacial score (nSPS) is 13.7. The van der Waals surface area contributed by atoms with Crippen LogP contribution in [0.2, 0.25) is 0 Å². The molecule has 0 bridgehead atoms. The number of rotatable bonds is 2. The number of carbonyl (C=O) groups excluding carboxylic acids is 1. The van der Waals surface area contributed by atoms with E-state index in [1.165, 1.54) is 44.1 Å². The molecule has 114 valence electrons. The molecule has 0 aromatic heterocycles. The summed E-state index contributed by atoms with van der Waals surface area (Å²) in [7, 11) is 0. The van der Waals surface area contributed by atoms with Crippen molar-refractivity contribution < 1.29 is 4.79 Å². The van der Waals surface area contributed by atoms with E-state index in [0.29, 0.717) is 5.92 Å². The molecule has 0 unspecified atom stereocenters. The third-order valence-electron chi connectivity index (χ3n) is 3.14. The van der Waals surface area contributed by atoms with Gasteiger partial charge in [-0.05, 0) is 19.8 Å². The van der Waals surface area contributed by atoms with Crippen LogP contribution in [0.5, 0.6) is 0 Å². The first-order valence-corrected chi connectivity index (χ1v) is 8.03. The lowest BCUT2D eigenvalue weighted by molar-refractivity contribution is -0.117. The second kappa shape index (κ2) is 12.9. The molecule has 1 aromatic rings. The Balaban J connectivity index is 0.000000271. The highest BCUT2D eigenvalue weighted by atomic mass is 16.1. The van der Waals surface area contributed by atoms with Crippen LogP contribution in [0.4, 0.5) is 0 Å². The summed E-state index contributed by atoms with van der Waals surface area (Å²) in [5.74, 6) is 0.813. The van der Waals surface area contributed by atoms with E-state index in [-0.39, 0.29) is 5.78 Å². The van der Waals surface area contributed by atoms with E-state index < -0.39 is 0 Å². The van der Waals surface area contributed by atoms with Crippen molar-refractivity contribution in [3.05, 3.63) is 35.9 Å². The maximum absolute atomic E-state index is 10.3. The first-order valence-electron chi connectivity index (χ1n) is 8.03. The van der Waals surface area contributed by atoms with Gasteiger partial charge < -0.3 is 4.79 Å². The fraction of sp³-hybridized carbons (Fsp3) is 0.632. The van der Waals surface area contributed by atoms with Crippen molar-refractivity contribution in [1.82, 2.24) is 0 Å². The number of ketones is 1. The highest BCUT2D eigenvalue weighted by molar-refractivity contribution is 5.75. The summed E-state index contributed by atoms with van der Waals surface area (Å²) in [4.78, 5) is 10.3. The Labute approximate surface area is 125 Å². The van der Waals surface area contributed by atoms with Gasteiger partial charge >= 0.3 is 0 Å². The largest absolute Gasteiger partial charge is 0.300 e. The Bertz CT molecular complexity index is 311. The Kier molecular flexibility index (Phi) is 12.2. The average Bonchev–Trinajstić information content (AvgIpc) is 2.41. The van der Waals surface area contributed by atoms with Crippen LogP contribution in [0.25, 0.3) is 0 Å². The fourth-order valence-electron chi connectivity index (χ4n) is 2.17. The summed E-state index contributed by atoms with van der Waals surface area (Å²) in [5, 5.41) is 0. The molecule has 0 saturated heterocycles. The van der Waals surface area contributed by atoms with Gasteiger partial charge in [-0.3, -0.25) is 0 Å². The van der Waals surface area contributed by atoms with Gasteiger partial charge in [0.15, 0.2) is 0 Å². The third kappa shape index (κ3) is 14.9. The van der Waals surface area contributed by atoms with Crippen LogP contribution < -0.4 is 0 Å². The maximum atomic E-state index is 10.3. The molecule has 0 spiro atoms. The van der Waals surface area contributed by atoms with Crippen LogP contribution >= 0.6 is 0 Å². The molecular formula is C19H32O. The third-order valence-corrected chi connectivity index (χ3v) is 3.14. The summed E-state index contributed by atoms with van der Waals surface area (Å²) in [6.07, 6.45) is 9.72. The second-order valence-electron chi connectivity index (χ2n) is 6.08. The Morgan fingerprint density at radius 2 is 1.35 bits per heavy atom. The van der Waals surface area contributed by atoms with Gasteiger partial charge in [0.05, 0.1) is 0 Å². The van der Waals surface area contributed by atoms with E-state index in [4.69, 9.17) is 0 Å². The molecule has 20 heavy (non-hydrogen) atoms. The highest BCUT2D eigenvalue weighted by Gasteiger charge is 1.96. The molecule has 1 aliphatic carbocycles. The number of hydrogen-bond acceptors (Lipinski definition) is 1. The Morgan fingerprint density at radius 1 is 0.950 bits per heavy atom. The highest BCUT2D eigenvalue weighted by Crippen LogP contribution is 2.15. The van der Waals surface area contributed by atoms with Gasteiger partial charge in [-0.15, -0.1) is 0 Å². The molecule has 1 nitrogen and oxygen atoms in total. The lowest BCUT2D eigenvalue weighted by atomic mass is 10.0. The Morgan fingerprint density at radius 3 is 1.50 bits per heavy atom. The predicted octanol–water partition coefficient (Wildman–Crippen LogP) is 5.96. The van der Waals surface area contributed by atoms with Crippen LogP contribution in [-0.4, -0.2) is 5.78 Å². The average molecular weight is 276 g/mol. The van der Waals surface area contributed by atoms with E-state index in [9.17, 15) is 4.79 Å². The number of carbonyl (C=O) groups is 1. The Hall–Kier alpha value is -1.11. The van der Waals surface area contributed by atoms with Crippen LogP contribution in [0.1, 0.15) is 71.3 Å². The number of hydrogen-bond donors (Lipinski definition) is 0.